The third-order valence-corrected chi connectivity index (χ3v) is 4.62. The number of rotatable bonds is 4. The first-order valence-electron chi connectivity index (χ1n) is 8.86. The van der Waals surface area contributed by atoms with E-state index >= 15 is 0 Å². The average molecular weight is 383 g/mol. The van der Waals surface area contributed by atoms with Crippen molar-refractivity contribution >= 4 is 23.1 Å². The summed E-state index contributed by atoms with van der Waals surface area (Å²) in [7, 11) is 3.48. The molecule has 8 heteroatoms. The van der Waals surface area contributed by atoms with Crippen LogP contribution >= 0.6 is 0 Å². The molecule has 1 N–H and O–H groups in total. The number of carbonyl (C=O) groups excluding carboxylic acids is 1. The van der Waals surface area contributed by atoms with Crippen molar-refractivity contribution in [2.24, 2.45) is 0 Å². The number of carbonyl (C=O) groups is 1. The first-order valence-corrected chi connectivity index (χ1v) is 8.86. The molecule has 0 aliphatic carbocycles. The molecular weight excluding hydrogens is 366 g/mol. The fourth-order valence-electron chi connectivity index (χ4n) is 2.96. The molecule has 142 valence electrons. The molecule has 4 rings (SSSR count). The molecule has 4 aromatic rings. The van der Waals surface area contributed by atoms with Gasteiger partial charge in [-0.1, -0.05) is 0 Å². The van der Waals surface area contributed by atoms with E-state index in [0.717, 1.165) is 17.1 Å². The number of amides is 1. The fraction of sp³-hybridized carbons (Fsp3) is 0.0952. The molecule has 0 radical (unpaired) electrons. The Kier molecular flexibility index (Phi) is 4.63. The van der Waals surface area contributed by atoms with E-state index in [1.807, 2.05) is 23.6 Å². The molecule has 0 saturated carbocycles. The van der Waals surface area contributed by atoms with Crippen LogP contribution in [0, 0.1) is 11.3 Å². The van der Waals surface area contributed by atoms with Crippen molar-refractivity contribution in [3.8, 4) is 17.3 Å². The Morgan fingerprint density at radius 3 is 2.52 bits per heavy atom. The number of fused-ring (bicyclic) bond motifs is 1. The van der Waals surface area contributed by atoms with Crippen LogP contribution in [0.5, 0.6) is 0 Å². The van der Waals surface area contributed by atoms with Gasteiger partial charge in [0.25, 0.3) is 5.91 Å². The zero-order valence-corrected chi connectivity index (χ0v) is 15.9. The molecule has 8 nitrogen and oxygen atoms in total. The molecule has 3 aromatic heterocycles. The molecule has 1 amide bonds. The van der Waals surface area contributed by atoms with E-state index in [0.29, 0.717) is 16.9 Å². The summed E-state index contributed by atoms with van der Waals surface area (Å²) in [6.07, 6.45) is 6.72. The third kappa shape index (κ3) is 3.37. The zero-order valence-electron chi connectivity index (χ0n) is 15.9. The second-order valence-electron chi connectivity index (χ2n) is 6.35. The lowest BCUT2D eigenvalue weighted by Gasteiger charge is -2.17. The maximum Gasteiger partial charge on any atom is 0.278 e. The van der Waals surface area contributed by atoms with Crippen molar-refractivity contribution in [1.29, 1.82) is 5.26 Å². The van der Waals surface area contributed by atoms with E-state index in [1.54, 1.807) is 56.1 Å². The van der Waals surface area contributed by atoms with E-state index in [-0.39, 0.29) is 11.6 Å². The van der Waals surface area contributed by atoms with Gasteiger partial charge in [0.05, 0.1) is 29.7 Å². The van der Waals surface area contributed by atoms with Gasteiger partial charge in [0.1, 0.15) is 11.5 Å². The zero-order chi connectivity index (χ0) is 20.4. The SMILES string of the molecule is CNc1ccc(-c2cnc3cnc(C(=O)N(C)c4ccc(C#N)cc4)cn23)cn1. The molecule has 0 fully saturated rings. The summed E-state index contributed by atoms with van der Waals surface area (Å²) in [5.41, 5.74) is 3.82. The highest BCUT2D eigenvalue weighted by atomic mass is 16.2. The number of nitriles is 1. The number of hydrogen-bond acceptors (Lipinski definition) is 6. The molecule has 0 aliphatic heterocycles. The lowest BCUT2D eigenvalue weighted by molar-refractivity contribution is 0.0988. The average Bonchev–Trinajstić information content (AvgIpc) is 3.21. The Labute approximate surface area is 167 Å². The van der Waals surface area contributed by atoms with Crippen LogP contribution in [0.3, 0.4) is 0 Å². The van der Waals surface area contributed by atoms with Gasteiger partial charge in [-0.25, -0.2) is 15.0 Å². The number of hydrogen-bond donors (Lipinski definition) is 1. The Morgan fingerprint density at radius 2 is 1.86 bits per heavy atom. The van der Waals surface area contributed by atoms with Gasteiger partial charge in [-0.2, -0.15) is 5.26 Å². The molecule has 0 aliphatic rings. The summed E-state index contributed by atoms with van der Waals surface area (Å²) in [6, 6.07) is 12.7. The van der Waals surface area contributed by atoms with Gasteiger partial charge in [0.2, 0.25) is 0 Å². The summed E-state index contributed by atoms with van der Waals surface area (Å²) in [6.45, 7) is 0. The quantitative estimate of drug-likeness (QED) is 0.582. The summed E-state index contributed by atoms with van der Waals surface area (Å²) >= 11 is 0. The number of aromatic nitrogens is 4. The highest BCUT2D eigenvalue weighted by Crippen LogP contribution is 2.22. The normalized spacial score (nSPS) is 10.5. The summed E-state index contributed by atoms with van der Waals surface area (Å²) < 4.78 is 1.82. The minimum absolute atomic E-state index is 0.264. The summed E-state index contributed by atoms with van der Waals surface area (Å²) in [5, 5.41) is 11.9. The third-order valence-electron chi connectivity index (χ3n) is 4.62. The van der Waals surface area contributed by atoms with Gasteiger partial charge in [-0.05, 0) is 36.4 Å². The number of nitrogens with one attached hydrogen (secondary N) is 1. The number of anilines is 2. The fourth-order valence-corrected chi connectivity index (χ4v) is 2.96. The van der Waals surface area contributed by atoms with Crippen LogP contribution in [-0.2, 0) is 0 Å². The predicted octanol–water partition coefficient (Wildman–Crippen LogP) is 2.98. The van der Waals surface area contributed by atoms with Gasteiger partial charge >= 0.3 is 0 Å². The van der Waals surface area contributed by atoms with Crippen LogP contribution in [0.2, 0.25) is 0 Å². The lowest BCUT2D eigenvalue weighted by atomic mass is 10.2. The molecule has 0 bridgehead atoms. The number of nitrogens with zero attached hydrogens (tertiary/aromatic N) is 6. The van der Waals surface area contributed by atoms with Crippen LogP contribution < -0.4 is 10.2 Å². The molecule has 0 saturated heterocycles. The molecular formula is C21H17N7O. The molecule has 1 aromatic carbocycles. The van der Waals surface area contributed by atoms with Crippen molar-refractivity contribution in [3.05, 3.63) is 72.4 Å². The van der Waals surface area contributed by atoms with E-state index < -0.39 is 0 Å². The Balaban J connectivity index is 1.68. The topological polar surface area (TPSA) is 99.2 Å². The monoisotopic (exact) mass is 383 g/mol. The van der Waals surface area contributed by atoms with Crippen LogP contribution in [0.25, 0.3) is 16.9 Å². The lowest BCUT2D eigenvalue weighted by Crippen LogP contribution is -2.27. The maximum atomic E-state index is 12.9. The second kappa shape index (κ2) is 7.40. The first-order chi connectivity index (χ1) is 14.1. The standard InChI is InChI=1S/C21H17N7O/c1-23-19-8-5-15(10-25-19)18-11-26-20-12-24-17(13-28(18)20)21(29)27(2)16-6-3-14(9-22)4-7-16/h3-8,10-13H,1-2H3,(H,23,25). The van der Waals surface area contributed by atoms with Gasteiger partial charge in [-0.15, -0.1) is 0 Å². The Bertz CT molecular complexity index is 1220. The van der Waals surface area contributed by atoms with Crippen LogP contribution in [-0.4, -0.2) is 39.4 Å². The van der Waals surface area contributed by atoms with Gasteiger partial charge in [0.15, 0.2) is 5.65 Å². The minimum atomic E-state index is -0.264. The molecule has 3 heterocycles. The van der Waals surface area contributed by atoms with Crippen molar-refractivity contribution in [3.63, 3.8) is 0 Å². The van der Waals surface area contributed by atoms with Crippen LogP contribution in [0.15, 0.2) is 61.2 Å². The molecule has 29 heavy (non-hydrogen) atoms. The van der Waals surface area contributed by atoms with Crippen molar-refractivity contribution < 1.29 is 4.79 Å². The molecule has 0 atom stereocenters. The minimum Gasteiger partial charge on any atom is -0.373 e. The summed E-state index contributed by atoms with van der Waals surface area (Å²) in [4.78, 5) is 27.4. The predicted molar refractivity (Wildman–Crippen MR) is 110 cm³/mol. The number of pyridine rings is 1. The van der Waals surface area contributed by atoms with Gasteiger partial charge < -0.3 is 10.2 Å². The van der Waals surface area contributed by atoms with Crippen LogP contribution in [0.1, 0.15) is 16.1 Å². The highest BCUT2D eigenvalue weighted by Gasteiger charge is 2.17. The Morgan fingerprint density at radius 1 is 1.07 bits per heavy atom. The second-order valence-corrected chi connectivity index (χ2v) is 6.35. The highest BCUT2D eigenvalue weighted by molar-refractivity contribution is 6.04. The Hall–Kier alpha value is -4.25. The smallest absolute Gasteiger partial charge is 0.278 e. The van der Waals surface area contributed by atoms with E-state index in [9.17, 15) is 4.79 Å². The number of benzene rings is 1. The van der Waals surface area contributed by atoms with E-state index in [2.05, 4.69) is 26.3 Å². The first kappa shape index (κ1) is 18.1. The van der Waals surface area contributed by atoms with E-state index in [1.165, 1.54) is 4.90 Å². The van der Waals surface area contributed by atoms with Crippen molar-refractivity contribution in [2.45, 2.75) is 0 Å². The van der Waals surface area contributed by atoms with Gasteiger partial charge in [-0.3, -0.25) is 9.20 Å². The van der Waals surface area contributed by atoms with Crippen LogP contribution in [0.4, 0.5) is 11.5 Å². The summed E-state index contributed by atoms with van der Waals surface area (Å²) in [5.74, 6) is 0.504. The molecule has 0 spiro atoms. The van der Waals surface area contributed by atoms with E-state index in [4.69, 9.17) is 5.26 Å². The molecule has 0 unspecified atom stereocenters. The maximum absolute atomic E-state index is 12.9. The number of imidazole rings is 1. The van der Waals surface area contributed by atoms with Gasteiger partial charge in [0, 0.05) is 37.7 Å². The van der Waals surface area contributed by atoms with Crippen molar-refractivity contribution in [2.75, 3.05) is 24.3 Å². The van der Waals surface area contributed by atoms with Crippen molar-refractivity contribution in [1.82, 2.24) is 19.4 Å². The largest absolute Gasteiger partial charge is 0.373 e.